The van der Waals surface area contributed by atoms with Crippen LogP contribution in [-0.4, -0.2) is 28.6 Å². The van der Waals surface area contributed by atoms with Crippen molar-refractivity contribution in [2.24, 2.45) is 5.92 Å². The Hall–Kier alpha value is -1.75. The summed E-state index contributed by atoms with van der Waals surface area (Å²) in [6, 6.07) is 10.2. The van der Waals surface area contributed by atoms with Gasteiger partial charge in [-0.15, -0.1) is 0 Å². The summed E-state index contributed by atoms with van der Waals surface area (Å²) in [4.78, 5) is 11.3. The van der Waals surface area contributed by atoms with E-state index in [1.807, 2.05) is 36.0 Å². The first-order valence-electron chi connectivity index (χ1n) is 6.45. The van der Waals surface area contributed by atoms with Crippen LogP contribution >= 0.6 is 11.8 Å². The lowest BCUT2D eigenvalue weighted by Crippen LogP contribution is -2.14. The SMILES string of the molecule is COC(=O)C(C)CSCc1ccc(-n2cccn2)cc1. The van der Waals surface area contributed by atoms with Gasteiger partial charge in [0.05, 0.1) is 18.7 Å². The summed E-state index contributed by atoms with van der Waals surface area (Å²) < 4.78 is 6.54. The largest absolute Gasteiger partial charge is 0.469 e. The van der Waals surface area contributed by atoms with E-state index in [4.69, 9.17) is 4.74 Å². The molecule has 2 aromatic rings. The summed E-state index contributed by atoms with van der Waals surface area (Å²) >= 11 is 1.74. The van der Waals surface area contributed by atoms with Gasteiger partial charge in [0.1, 0.15) is 0 Å². The maximum atomic E-state index is 11.3. The fourth-order valence-corrected chi connectivity index (χ4v) is 2.82. The van der Waals surface area contributed by atoms with Crippen LogP contribution in [0, 0.1) is 5.92 Å². The van der Waals surface area contributed by atoms with Gasteiger partial charge in [0, 0.05) is 23.9 Å². The van der Waals surface area contributed by atoms with Gasteiger partial charge >= 0.3 is 5.97 Å². The summed E-state index contributed by atoms with van der Waals surface area (Å²) in [5.74, 6) is 1.45. The molecule has 0 saturated heterocycles. The molecule has 0 aliphatic heterocycles. The van der Waals surface area contributed by atoms with Crippen LogP contribution in [0.1, 0.15) is 12.5 Å². The molecule has 0 bridgehead atoms. The quantitative estimate of drug-likeness (QED) is 0.767. The zero-order valence-electron chi connectivity index (χ0n) is 11.7. The number of carbonyl (C=O) groups is 1. The predicted octanol–water partition coefficient (Wildman–Crippen LogP) is 2.91. The molecule has 0 spiro atoms. The summed E-state index contributed by atoms with van der Waals surface area (Å²) in [5, 5.41) is 4.19. The predicted molar refractivity (Wildman–Crippen MR) is 80.9 cm³/mol. The minimum absolute atomic E-state index is 0.0617. The van der Waals surface area contributed by atoms with Crippen molar-refractivity contribution < 1.29 is 9.53 Å². The average Bonchev–Trinajstić information content (AvgIpc) is 3.01. The fourth-order valence-electron chi connectivity index (χ4n) is 1.79. The highest BCUT2D eigenvalue weighted by molar-refractivity contribution is 7.98. The second kappa shape index (κ2) is 7.14. The monoisotopic (exact) mass is 290 g/mol. The highest BCUT2D eigenvalue weighted by Gasteiger charge is 2.12. The highest BCUT2D eigenvalue weighted by atomic mass is 32.2. The molecule has 0 N–H and O–H groups in total. The first-order chi connectivity index (χ1) is 9.70. The van der Waals surface area contributed by atoms with Crippen LogP contribution < -0.4 is 0 Å². The standard InChI is InChI=1S/C15H18N2O2S/c1-12(15(18)19-2)10-20-11-13-4-6-14(7-5-13)17-9-3-8-16-17/h3-9,12H,10-11H2,1-2H3. The van der Waals surface area contributed by atoms with Crippen LogP contribution in [-0.2, 0) is 15.3 Å². The minimum Gasteiger partial charge on any atom is -0.469 e. The van der Waals surface area contributed by atoms with Gasteiger partial charge in [-0.05, 0) is 23.8 Å². The molecule has 0 fully saturated rings. The molecule has 0 saturated carbocycles. The lowest BCUT2D eigenvalue weighted by Gasteiger charge is -2.09. The van der Waals surface area contributed by atoms with Crippen LogP contribution in [0.3, 0.4) is 0 Å². The van der Waals surface area contributed by atoms with Crippen molar-refractivity contribution in [3.05, 3.63) is 48.3 Å². The Labute approximate surface area is 123 Å². The number of benzene rings is 1. The molecule has 0 aliphatic rings. The molecule has 0 radical (unpaired) electrons. The van der Waals surface area contributed by atoms with Crippen molar-refractivity contribution in [2.75, 3.05) is 12.9 Å². The minimum atomic E-state index is -0.147. The third-order valence-corrected chi connectivity index (χ3v) is 4.22. The van der Waals surface area contributed by atoms with Gasteiger partial charge in [-0.25, -0.2) is 4.68 Å². The normalized spacial score (nSPS) is 12.1. The van der Waals surface area contributed by atoms with Crippen molar-refractivity contribution >= 4 is 17.7 Å². The Balaban J connectivity index is 1.84. The molecule has 1 heterocycles. The van der Waals surface area contributed by atoms with E-state index < -0.39 is 0 Å². The average molecular weight is 290 g/mol. The van der Waals surface area contributed by atoms with Gasteiger partial charge in [-0.2, -0.15) is 16.9 Å². The van der Waals surface area contributed by atoms with E-state index in [0.29, 0.717) is 0 Å². The Bertz CT molecular complexity index is 538. The van der Waals surface area contributed by atoms with E-state index in [-0.39, 0.29) is 11.9 Å². The molecule has 1 unspecified atom stereocenters. The first kappa shape index (κ1) is 14.7. The Morgan fingerprint density at radius 2 is 2.15 bits per heavy atom. The van der Waals surface area contributed by atoms with E-state index in [2.05, 4.69) is 17.2 Å². The molecule has 0 aliphatic carbocycles. The molecular weight excluding hydrogens is 272 g/mol. The van der Waals surface area contributed by atoms with Crippen molar-refractivity contribution in [3.8, 4) is 5.69 Å². The number of methoxy groups -OCH3 is 1. The van der Waals surface area contributed by atoms with Gasteiger partial charge in [0.2, 0.25) is 0 Å². The Kier molecular flexibility index (Phi) is 5.24. The number of hydrogen-bond acceptors (Lipinski definition) is 4. The molecule has 1 aromatic carbocycles. The van der Waals surface area contributed by atoms with Crippen LogP contribution in [0.25, 0.3) is 5.69 Å². The Morgan fingerprint density at radius 1 is 1.40 bits per heavy atom. The number of esters is 1. The molecule has 1 atom stereocenters. The lowest BCUT2D eigenvalue weighted by atomic mass is 10.2. The number of rotatable bonds is 6. The first-order valence-corrected chi connectivity index (χ1v) is 7.60. The molecule has 2 rings (SSSR count). The van der Waals surface area contributed by atoms with Crippen LogP contribution in [0.2, 0.25) is 0 Å². The van der Waals surface area contributed by atoms with Crippen LogP contribution in [0.5, 0.6) is 0 Å². The summed E-state index contributed by atoms with van der Waals surface area (Å²) in [6.07, 6.45) is 3.68. The molecule has 106 valence electrons. The topological polar surface area (TPSA) is 44.1 Å². The van der Waals surface area contributed by atoms with Crippen molar-refractivity contribution in [1.29, 1.82) is 0 Å². The van der Waals surface area contributed by atoms with Gasteiger partial charge in [0.15, 0.2) is 0 Å². The van der Waals surface area contributed by atoms with E-state index in [0.717, 1.165) is 17.2 Å². The summed E-state index contributed by atoms with van der Waals surface area (Å²) in [7, 11) is 1.43. The van der Waals surface area contributed by atoms with Gasteiger partial charge < -0.3 is 4.74 Å². The van der Waals surface area contributed by atoms with Crippen LogP contribution in [0.15, 0.2) is 42.7 Å². The van der Waals surface area contributed by atoms with E-state index in [1.165, 1.54) is 12.7 Å². The zero-order valence-corrected chi connectivity index (χ0v) is 12.5. The third-order valence-electron chi connectivity index (χ3n) is 2.95. The van der Waals surface area contributed by atoms with Crippen LogP contribution in [0.4, 0.5) is 0 Å². The van der Waals surface area contributed by atoms with Gasteiger partial charge in [0.25, 0.3) is 0 Å². The Morgan fingerprint density at radius 3 is 2.75 bits per heavy atom. The number of aromatic nitrogens is 2. The lowest BCUT2D eigenvalue weighted by molar-refractivity contribution is -0.143. The van der Waals surface area contributed by atoms with Gasteiger partial charge in [-0.3, -0.25) is 4.79 Å². The molecule has 4 nitrogen and oxygen atoms in total. The van der Waals surface area contributed by atoms with Crippen molar-refractivity contribution in [3.63, 3.8) is 0 Å². The zero-order chi connectivity index (χ0) is 14.4. The molecule has 5 heteroatoms. The molecule has 1 aromatic heterocycles. The second-order valence-electron chi connectivity index (χ2n) is 4.56. The van der Waals surface area contributed by atoms with E-state index >= 15 is 0 Å². The maximum absolute atomic E-state index is 11.3. The molecular formula is C15H18N2O2S. The summed E-state index contributed by atoms with van der Waals surface area (Å²) in [6.45, 7) is 1.89. The number of nitrogens with zero attached hydrogens (tertiary/aromatic N) is 2. The smallest absolute Gasteiger partial charge is 0.309 e. The third kappa shape index (κ3) is 3.87. The molecule has 0 amide bonds. The number of thioether (sulfide) groups is 1. The molecule has 20 heavy (non-hydrogen) atoms. The number of hydrogen-bond donors (Lipinski definition) is 0. The van der Waals surface area contributed by atoms with Crippen molar-refractivity contribution in [1.82, 2.24) is 9.78 Å². The maximum Gasteiger partial charge on any atom is 0.309 e. The van der Waals surface area contributed by atoms with Gasteiger partial charge in [-0.1, -0.05) is 19.1 Å². The highest BCUT2D eigenvalue weighted by Crippen LogP contribution is 2.17. The summed E-state index contributed by atoms with van der Waals surface area (Å²) in [5.41, 5.74) is 2.29. The number of ether oxygens (including phenoxy) is 1. The fraction of sp³-hybridized carbons (Fsp3) is 0.333. The van der Waals surface area contributed by atoms with Crippen molar-refractivity contribution in [2.45, 2.75) is 12.7 Å². The van der Waals surface area contributed by atoms with E-state index in [9.17, 15) is 4.79 Å². The van der Waals surface area contributed by atoms with E-state index in [1.54, 1.807) is 18.0 Å². The number of carbonyl (C=O) groups excluding carboxylic acids is 1. The second-order valence-corrected chi connectivity index (χ2v) is 5.59.